The molecule has 1 amide bonds. The lowest BCUT2D eigenvalue weighted by molar-refractivity contribution is -0.115. The lowest BCUT2D eigenvalue weighted by Gasteiger charge is -2.14. The lowest BCUT2D eigenvalue weighted by atomic mass is 10.2. The van der Waals surface area contributed by atoms with E-state index in [4.69, 9.17) is 16.3 Å². The molecule has 10 heteroatoms. The van der Waals surface area contributed by atoms with E-state index in [9.17, 15) is 9.18 Å². The van der Waals surface area contributed by atoms with Crippen LogP contribution in [0, 0.1) is 12.7 Å². The Kier molecular flexibility index (Phi) is 6.15. The molecule has 0 bridgehead atoms. The molecule has 0 spiro atoms. The Morgan fingerprint density at radius 3 is 2.82 bits per heavy atom. The van der Waals surface area contributed by atoms with Gasteiger partial charge in [-0.3, -0.25) is 4.79 Å². The summed E-state index contributed by atoms with van der Waals surface area (Å²) in [5.41, 5.74) is 2.02. The minimum Gasteiger partial charge on any atom is -0.494 e. The Morgan fingerprint density at radius 2 is 2.11 bits per heavy atom. The highest BCUT2D eigenvalue weighted by Gasteiger charge is 2.21. The Morgan fingerprint density at radius 1 is 1.32 bits per heavy atom. The van der Waals surface area contributed by atoms with Crippen LogP contribution in [-0.2, 0) is 4.79 Å². The molecule has 0 fully saturated rings. The summed E-state index contributed by atoms with van der Waals surface area (Å²) in [5, 5.41) is 14.4. The summed E-state index contributed by atoms with van der Waals surface area (Å²) < 4.78 is 20.1. The van der Waals surface area contributed by atoms with Crippen molar-refractivity contribution in [2.75, 3.05) is 12.4 Å². The average Bonchev–Trinajstić information content (AvgIpc) is 3.11. The van der Waals surface area contributed by atoms with Gasteiger partial charge in [-0.05, 0) is 60.2 Å². The van der Waals surface area contributed by atoms with Gasteiger partial charge in [0, 0.05) is 0 Å². The minimum atomic E-state index is -0.540. The van der Waals surface area contributed by atoms with E-state index in [0.29, 0.717) is 22.3 Å². The minimum absolute atomic E-state index is 0.125. The summed E-state index contributed by atoms with van der Waals surface area (Å²) >= 11 is 7.14. The summed E-state index contributed by atoms with van der Waals surface area (Å²) in [5.74, 6) is -0.184. The van der Waals surface area contributed by atoms with Gasteiger partial charge in [-0.2, -0.15) is 4.68 Å². The van der Waals surface area contributed by atoms with Gasteiger partial charge in [-0.25, -0.2) is 4.39 Å². The van der Waals surface area contributed by atoms with Crippen LogP contribution in [0.4, 0.5) is 10.1 Å². The van der Waals surface area contributed by atoms with Crippen LogP contribution in [-0.4, -0.2) is 38.5 Å². The van der Waals surface area contributed by atoms with Crippen LogP contribution >= 0.6 is 23.4 Å². The van der Waals surface area contributed by atoms with Crippen molar-refractivity contribution in [2.45, 2.75) is 24.3 Å². The van der Waals surface area contributed by atoms with Gasteiger partial charge in [-0.15, -0.1) is 5.10 Å². The van der Waals surface area contributed by atoms with Crippen molar-refractivity contribution in [3.05, 3.63) is 52.8 Å². The van der Waals surface area contributed by atoms with Gasteiger partial charge in [0.2, 0.25) is 11.1 Å². The highest BCUT2D eigenvalue weighted by molar-refractivity contribution is 8.00. The van der Waals surface area contributed by atoms with Gasteiger partial charge in [-0.1, -0.05) is 29.4 Å². The Balaban J connectivity index is 1.79. The number of anilines is 1. The largest absolute Gasteiger partial charge is 0.494 e. The fourth-order valence-electron chi connectivity index (χ4n) is 2.41. The van der Waals surface area contributed by atoms with E-state index in [-0.39, 0.29) is 10.9 Å². The topological polar surface area (TPSA) is 81.9 Å². The number of hydrogen-bond donors (Lipinski definition) is 1. The van der Waals surface area contributed by atoms with Crippen LogP contribution in [0.1, 0.15) is 12.5 Å². The number of halogens is 2. The third kappa shape index (κ3) is 4.42. The molecule has 146 valence electrons. The second kappa shape index (κ2) is 8.57. The van der Waals surface area contributed by atoms with E-state index < -0.39 is 11.1 Å². The zero-order chi connectivity index (χ0) is 20.3. The second-order valence-electron chi connectivity index (χ2n) is 5.92. The quantitative estimate of drug-likeness (QED) is 0.608. The fourth-order valence-corrected chi connectivity index (χ4v) is 3.42. The monoisotopic (exact) mass is 421 g/mol. The molecule has 3 rings (SSSR count). The SMILES string of the molecule is COc1ccc(C)cc1-n1nnnc1S[C@@H](C)C(=O)Nc1ccc(F)cc1Cl. The number of rotatable bonds is 6. The van der Waals surface area contributed by atoms with Crippen molar-refractivity contribution in [1.82, 2.24) is 20.2 Å². The lowest BCUT2D eigenvalue weighted by Crippen LogP contribution is -2.23. The van der Waals surface area contributed by atoms with Crippen molar-refractivity contribution in [2.24, 2.45) is 0 Å². The molecule has 2 aromatic carbocycles. The fraction of sp³-hybridized carbons (Fsp3) is 0.222. The highest BCUT2D eigenvalue weighted by atomic mass is 35.5. The highest BCUT2D eigenvalue weighted by Crippen LogP contribution is 2.30. The molecular weight excluding hydrogens is 405 g/mol. The van der Waals surface area contributed by atoms with E-state index >= 15 is 0 Å². The number of benzene rings is 2. The number of nitrogens with zero attached hydrogens (tertiary/aromatic N) is 4. The van der Waals surface area contributed by atoms with Crippen molar-refractivity contribution in [3.63, 3.8) is 0 Å². The van der Waals surface area contributed by atoms with E-state index in [2.05, 4.69) is 20.8 Å². The third-order valence-corrected chi connectivity index (χ3v) is 5.19. The number of methoxy groups -OCH3 is 1. The number of tetrazole rings is 1. The number of hydrogen-bond acceptors (Lipinski definition) is 6. The van der Waals surface area contributed by atoms with Crippen LogP contribution in [0.5, 0.6) is 5.75 Å². The summed E-state index contributed by atoms with van der Waals surface area (Å²) in [6.45, 7) is 3.66. The van der Waals surface area contributed by atoms with Crippen molar-refractivity contribution >= 4 is 35.0 Å². The third-order valence-electron chi connectivity index (χ3n) is 3.84. The van der Waals surface area contributed by atoms with Crippen molar-refractivity contribution in [1.29, 1.82) is 0 Å². The number of thioether (sulfide) groups is 1. The maximum absolute atomic E-state index is 13.2. The van der Waals surface area contributed by atoms with Gasteiger partial charge >= 0.3 is 0 Å². The maximum atomic E-state index is 13.2. The smallest absolute Gasteiger partial charge is 0.237 e. The first-order valence-electron chi connectivity index (χ1n) is 8.25. The number of nitrogens with one attached hydrogen (secondary N) is 1. The number of ether oxygens (including phenoxy) is 1. The molecule has 0 saturated heterocycles. The second-order valence-corrected chi connectivity index (χ2v) is 7.64. The number of amides is 1. The molecule has 3 aromatic rings. The molecule has 0 aliphatic carbocycles. The Hall–Kier alpha value is -2.65. The average molecular weight is 422 g/mol. The zero-order valence-electron chi connectivity index (χ0n) is 15.3. The summed E-state index contributed by atoms with van der Waals surface area (Å²) in [6, 6.07) is 9.41. The summed E-state index contributed by atoms with van der Waals surface area (Å²) in [4.78, 5) is 12.5. The first-order valence-corrected chi connectivity index (χ1v) is 9.50. The molecule has 0 unspecified atom stereocenters. The number of aryl methyl sites for hydroxylation is 1. The van der Waals surface area contributed by atoms with Gasteiger partial charge in [0.15, 0.2) is 0 Å². The van der Waals surface area contributed by atoms with Gasteiger partial charge in [0.25, 0.3) is 0 Å². The normalized spacial score (nSPS) is 11.9. The zero-order valence-corrected chi connectivity index (χ0v) is 16.9. The molecule has 1 heterocycles. The van der Waals surface area contributed by atoms with Gasteiger partial charge in [0.05, 0.1) is 23.1 Å². The Bertz CT molecular complexity index is 1010. The molecule has 0 aliphatic rings. The van der Waals surface area contributed by atoms with E-state index in [1.165, 1.54) is 28.6 Å². The molecule has 28 heavy (non-hydrogen) atoms. The first-order chi connectivity index (χ1) is 13.4. The molecular formula is C18H17ClFN5O2S. The van der Waals surface area contributed by atoms with Crippen LogP contribution in [0.15, 0.2) is 41.6 Å². The standard InChI is InChI=1S/C18H17ClFN5O2S/c1-10-4-7-16(27-3)15(8-10)25-18(22-23-24-25)28-11(2)17(26)21-14-6-5-12(20)9-13(14)19/h4-9,11H,1-3H3,(H,21,26)/t11-/m0/s1. The van der Waals surface area contributed by atoms with Crippen LogP contribution in [0.3, 0.4) is 0 Å². The first kappa shape index (κ1) is 20.1. The molecule has 1 atom stereocenters. The van der Waals surface area contributed by atoms with Crippen LogP contribution in [0.25, 0.3) is 5.69 Å². The molecule has 7 nitrogen and oxygen atoms in total. The predicted octanol–water partition coefficient (Wildman–Crippen LogP) is 3.89. The summed E-state index contributed by atoms with van der Waals surface area (Å²) in [7, 11) is 1.56. The predicted molar refractivity (Wildman–Crippen MR) is 106 cm³/mol. The molecule has 0 radical (unpaired) electrons. The number of aromatic nitrogens is 4. The van der Waals surface area contributed by atoms with Gasteiger partial charge < -0.3 is 10.1 Å². The van der Waals surface area contributed by atoms with Crippen molar-refractivity contribution < 1.29 is 13.9 Å². The van der Waals surface area contributed by atoms with Gasteiger partial charge in [0.1, 0.15) is 17.3 Å². The maximum Gasteiger partial charge on any atom is 0.237 e. The number of carbonyl (C=O) groups is 1. The summed E-state index contributed by atoms with van der Waals surface area (Å²) in [6.07, 6.45) is 0. The van der Waals surface area contributed by atoms with E-state index in [1.807, 2.05) is 25.1 Å². The van der Waals surface area contributed by atoms with Crippen LogP contribution in [0.2, 0.25) is 5.02 Å². The number of carbonyl (C=O) groups excluding carboxylic acids is 1. The van der Waals surface area contributed by atoms with E-state index in [0.717, 1.165) is 11.6 Å². The van der Waals surface area contributed by atoms with Crippen molar-refractivity contribution in [3.8, 4) is 11.4 Å². The Labute approximate surface area is 170 Å². The van der Waals surface area contributed by atoms with Crippen LogP contribution < -0.4 is 10.1 Å². The molecule has 0 saturated carbocycles. The molecule has 0 aliphatic heterocycles. The molecule has 1 N–H and O–H groups in total. The molecule has 1 aromatic heterocycles. The van der Waals surface area contributed by atoms with E-state index in [1.54, 1.807) is 14.0 Å².